The number of carbonyl (C=O) groups excluding carboxylic acids is 2. The minimum atomic E-state index is -0.170. The van der Waals surface area contributed by atoms with Crippen molar-refractivity contribution in [3.05, 3.63) is 11.4 Å². The topological polar surface area (TPSA) is 102 Å². The van der Waals surface area contributed by atoms with E-state index in [9.17, 15) is 9.59 Å². The Hall–Kier alpha value is -2.09. The van der Waals surface area contributed by atoms with E-state index in [4.69, 9.17) is 10.5 Å². The number of ether oxygens (including phenoxy) is 1. The van der Waals surface area contributed by atoms with Crippen LogP contribution in [0.2, 0.25) is 0 Å². The number of likely N-dealkylation sites (tertiary alicyclic amines) is 1. The third kappa shape index (κ3) is 4.25. The summed E-state index contributed by atoms with van der Waals surface area (Å²) < 4.78 is 7.40. The van der Waals surface area contributed by atoms with Crippen LogP contribution in [0, 0.1) is 19.8 Å². The van der Waals surface area contributed by atoms with Gasteiger partial charge in [0, 0.05) is 33.2 Å². The van der Waals surface area contributed by atoms with Crippen LogP contribution < -0.4 is 15.8 Å². The number of hydrogen-bond acceptors (Lipinski definition) is 5. The normalized spacial score (nSPS) is 17.7. The molecule has 1 aromatic rings. The van der Waals surface area contributed by atoms with E-state index >= 15 is 0 Å². The van der Waals surface area contributed by atoms with Crippen LogP contribution in [0.5, 0.6) is 5.75 Å². The molecular formula is C16H27N5O3. The summed E-state index contributed by atoms with van der Waals surface area (Å²) in [4.78, 5) is 26.2. The number of nitrogens with one attached hydrogen (secondary N) is 1. The molecule has 1 aliphatic heterocycles. The highest BCUT2D eigenvalue weighted by Gasteiger charge is 2.28. The molecule has 0 radical (unpaired) electrons. The summed E-state index contributed by atoms with van der Waals surface area (Å²) in [5.41, 5.74) is 7.05. The van der Waals surface area contributed by atoms with Crippen molar-refractivity contribution >= 4 is 11.8 Å². The molecule has 2 rings (SSSR count). The number of carbonyl (C=O) groups is 2. The lowest BCUT2D eigenvalue weighted by atomic mass is 9.97. The molecular weight excluding hydrogens is 310 g/mol. The van der Waals surface area contributed by atoms with Gasteiger partial charge in [0.2, 0.25) is 5.91 Å². The molecule has 1 atom stereocenters. The maximum Gasteiger partial charge on any atom is 0.260 e. The maximum atomic E-state index is 12.4. The summed E-state index contributed by atoms with van der Waals surface area (Å²) in [6.45, 7) is 5.69. The number of aromatic nitrogens is 2. The van der Waals surface area contributed by atoms with Crippen molar-refractivity contribution in [2.75, 3.05) is 32.8 Å². The highest BCUT2D eigenvalue weighted by molar-refractivity contribution is 5.82. The fourth-order valence-corrected chi connectivity index (χ4v) is 2.95. The van der Waals surface area contributed by atoms with Gasteiger partial charge in [-0.1, -0.05) is 0 Å². The average molecular weight is 337 g/mol. The molecule has 1 aromatic heterocycles. The lowest BCUT2D eigenvalue weighted by Crippen LogP contribution is -2.47. The Balaban J connectivity index is 1.88. The van der Waals surface area contributed by atoms with Crippen molar-refractivity contribution in [1.29, 1.82) is 0 Å². The van der Waals surface area contributed by atoms with Crippen LogP contribution in [0.25, 0.3) is 0 Å². The van der Waals surface area contributed by atoms with Crippen molar-refractivity contribution in [1.82, 2.24) is 20.0 Å². The van der Waals surface area contributed by atoms with Crippen LogP contribution in [0.3, 0.4) is 0 Å². The number of amides is 2. The first kappa shape index (κ1) is 18.3. The maximum absolute atomic E-state index is 12.4. The predicted octanol–water partition coefficient (Wildman–Crippen LogP) is -0.271. The third-order valence-electron chi connectivity index (χ3n) is 4.37. The van der Waals surface area contributed by atoms with E-state index in [1.165, 1.54) is 0 Å². The van der Waals surface area contributed by atoms with E-state index in [0.29, 0.717) is 31.9 Å². The number of hydrogen-bond donors (Lipinski definition) is 2. The van der Waals surface area contributed by atoms with Crippen LogP contribution in [0.15, 0.2) is 0 Å². The summed E-state index contributed by atoms with van der Waals surface area (Å²) >= 11 is 0. The Morgan fingerprint density at radius 3 is 2.79 bits per heavy atom. The monoisotopic (exact) mass is 337 g/mol. The molecule has 3 N–H and O–H groups in total. The molecule has 0 aromatic carbocycles. The molecule has 8 nitrogen and oxygen atoms in total. The minimum absolute atomic E-state index is 0.0298. The largest absolute Gasteiger partial charge is 0.480 e. The Bertz CT molecular complexity index is 599. The molecule has 0 saturated carbocycles. The first-order valence-electron chi connectivity index (χ1n) is 8.32. The molecule has 134 valence electrons. The summed E-state index contributed by atoms with van der Waals surface area (Å²) in [6, 6.07) is 0. The summed E-state index contributed by atoms with van der Waals surface area (Å²) in [5, 5.41) is 7.06. The molecule has 24 heavy (non-hydrogen) atoms. The minimum Gasteiger partial charge on any atom is -0.480 e. The second-order valence-corrected chi connectivity index (χ2v) is 6.17. The molecule has 1 fully saturated rings. The van der Waals surface area contributed by atoms with E-state index in [2.05, 4.69) is 10.4 Å². The number of nitrogens with two attached hydrogens (primary N) is 1. The van der Waals surface area contributed by atoms with Crippen molar-refractivity contribution in [3.63, 3.8) is 0 Å². The fraction of sp³-hybridized carbons (Fsp3) is 0.688. The quantitative estimate of drug-likeness (QED) is 0.744. The smallest absolute Gasteiger partial charge is 0.260 e. The summed E-state index contributed by atoms with van der Waals surface area (Å²) in [6.07, 6.45) is 1.61. The van der Waals surface area contributed by atoms with Crippen LogP contribution in [-0.2, 0) is 16.6 Å². The Morgan fingerprint density at radius 1 is 1.42 bits per heavy atom. The average Bonchev–Trinajstić information content (AvgIpc) is 2.82. The van der Waals surface area contributed by atoms with Gasteiger partial charge in [0.15, 0.2) is 12.4 Å². The van der Waals surface area contributed by atoms with Crippen molar-refractivity contribution in [3.8, 4) is 5.75 Å². The standard InChI is InChI=1S/C16H27N5O3/c1-11-15(12(2)20(3)19-11)24-10-14(22)21-8-4-5-13(9-21)16(23)18-7-6-17/h13H,4-10,17H2,1-3H3,(H,18,23). The zero-order chi connectivity index (χ0) is 17.7. The van der Waals surface area contributed by atoms with Gasteiger partial charge in [-0.05, 0) is 26.7 Å². The zero-order valence-electron chi connectivity index (χ0n) is 14.7. The lowest BCUT2D eigenvalue weighted by molar-refractivity contribution is -0.137. The molecule has 0 bridgehead atoms. The van der Waals surface area contributed by atoms with E-state index in [1.54, 1.807) is 9.58 Å². The number of aryl methyl sites for hydroxylation is 2. The molecule has 0 spiro atoms. The number of nitrogens with zero attached hydrogens (tertiary/aromatic N) is 3. The molecule has 1 saturated heterocycles. The molecule has 2 heterocycles. The van der Waals surface area contributed by atoms with E-state index < -0.39 is 0 Å². The van der Waals surface area contributed by atoms with Gasteiger partial charge in [-0.3, -0.25) is 14.3 Å². The van der Waals surface area contributed by atoms with E-state index in [1.807, 2.05) is 20.9 Å². The predicted molar refractivity (Wildman–Crippen MR) is 89.5 cm³/mol. The second kappa shape index (κ2) is 8.14. The van der Waals surface area contributed by atoms with Gasteiger partial charge >= 0.3 is 0 Å². The first-order chi connectivity index (χ1) is 11.4. The summed E-state index contributed by atoms with van der Waals surface area (Å²) in [5.74, 6) is 0.350. The van der Waals surface area contributed by atoms with Crippen LogP contribution in [0.1, 0.15) is 24.2 Å². The van der Waals surface area contributed by atoms with E-state index in [-0.39, 0.29) is 24.3 Å². The Labute approximate surface area is 142 Å². The van der Waals surface area contributed by atoms with Gasteiger partial charge in [-0.25, -0.2) is 0 Å². The van der Waals surface area contributed by atoms with Crippen LogP contribution >= 0.6 is 0 Å². The van der Waals surface area contributed by atoms with Crippen molar-refractivity contribution < 1.29 is 14.3 Å². The first-order valence-corrected chi connectivity index (χ1v) is 8.32. The molecule has 2 amide bonds. The van der Waals surface area contributed by atoms with Gasteiger partial charge in [0.25, 0.3) is 5.91 Å². The number of rotatable bonds is 6. The SMILES string of the molecule is Cc1nn(C)c(C)c1OCC(=O)N1CCCC(C(=O)NCCN)C1. The van der Waals surface area contributed by atoms with Gasteiger partial charge in [-0.2, -0.15) is 5.10 Å². The van der Waals surface area contributed by atoms with Crippen molar-refractivity contribution in [2.45, 2.75) is 26.7 Å². The lowest BCUT2D eigenvalue weighted by Gasteiger charge is -2.32. The molecule has 8 heteroatoms. The fourth-order valence-electron chi connectivity index (χ4n) is 2.95. The van der Waals surface area contributed by atoms with Gasteiger partial charge < -0.3 is 20.7 Å². The van der Waals surface area contributed by atoms with Crippen LogP contribution in [-0.4, -0.2) is 59.3 Å². The second-order valence-electron chi connectivity index (χ2n) is 6.17. The molecule has 0 aliphatic carbocycles. The van der Waals surface area contributed by atoms with Gasteiger partial charge in [-0.15, -0.1) is 0 Å². The van der Waals surface area contributed by atoms with Crippen LogP contribution in [0.4, 0.5) is 0 Å². The molecule has 1 unspecified atom stereocenters. The van der Waals surface area contributed by atoms with E-state index in [0.717, 1.165) is 24.2 Å². The molecule has 1 aliphatic rings. The highest BCUT2D eigenvalue weighted by Crippen LogP contribution is 2.22. The third-order valence-corrected chi connectivity index (χ3v) is 4.37. The summed E-state index contributed by atoms with van der Waals surface area (Å²) in [7, 11) is 1.84. The van der Waals surface area contributed by atoms with Gasteiger partial charge in [0.1, 0.15) is 5.69 Å². The Kier molecular flexibility index (Phi) is 6.19. The zero-order valence-corrected chi connectivity index (χ0v) is 14.7. The van der Waals surface area contributed by atoms with Crippen molar-refractivity contribution in [2.24, 2.45) is 18.7 Å². The Morgan fingerprint density at radius 2 is 2.17 bits per heavy atom. The van der Waals surface area contributed by atoms with Gasteiger partial charge in [0.05, 0.1) is 11.6 Å². The number of piperidine rings is 1. The highest BCUT2D eigenvalue weighted by atomic mass is 16.5.